The molecule has 0 aliphatic heterocycles. The van der Waals surface area contributed by atoms with Crippen molar-refractivity contribution in [2.45, 2.75) is 20.3 Å². The maximum Gasteiger partial charge on any atom is 0.0449 e. The molecule has 0 aromatic heterocycles. The highest BCUT2D eigenvalue weighted by Crippen LogP contribution is 2.30. The molecule has 1 rings (SSSR count). The predicted octanol–water partition coefficient (Wildman–Crippen LogP) is 5.05. The predicted molar refractivity (Wildman–Crippen MR) is 101 cm³/mol. The second-order valence-electron chi connectivity index (χ2n) is 4.83. The lowest BCUT2D eigenvalue weighted by molar-refractivity contribution is 0.952. The van der Waals surface area contributed by atoms with Crippen LogP contribution in [0.25, 0.3) is 6.08 Å². The number of allylic oxidation sites excluding steroid dienone is 2. The van der Waals surface area contributed by atoms with Gasteiger partial charge in [-0.05, 0) is 42.2 Å². The SMILES string of the molecule is C=C/C(=C\C=NC)C(=C)N(CC)c1cccc(C=C)c1CC. The van der Waals surface area contributed by atoms with Crippen LogP contribution in [0, 0.1) is 0 Å². The number of likely N-dealkylation sites (N-methyl/N-ethyl adjacent to an activating group) is 1. The molecule has 0 bridgehead atoms. The van der Waals surface area contributed by atoms with E-state index in [9.17, 15) is 0 Å². The van der Waals surface area contributed by atoms with Crippen molar-refractivity contribution in [2.75, 3.05) is 18.5 Å². The second-order valence-corrected chi connectivity index (χ2v) is 4.83. The first-order valence-corrected chi connectivity index (χ1v) is 7.60. The van der Waals surface area contributed by atoms with Crippen LogP contribution in [0.1, 0.15) is 25.0 Å². The Morgan fingerprint density at radius 1 is 1.27 bits per heavy atom. The van der Waals surface area contributed by atoms with Crippen LogP contribution < -0.4 is 4.90 Å². The Morgan fingerprint density at radius 3 is 2.50 bits per heavy atom. The minimum atomic E-state index is 0.834. The van der Waals surface area contributed by atoms with E-state index in [0.717, 1.165) is 24.2 Å². The minimum absolute atomic E-state index is 0.834. The van der Waals surface area contributed by atoms with Crippen molar-refractivity contribution >= 4 is 18.0 Å². The van der Waals surface area contributed by atoms with Crippen LogP contribution in [0.2, 0.25) is 0 Å². The first-order chi connectivity index (χ1) is 10.6. The molecule has 0 atom stereocenters. The molecule has 0 aliphatic carbocycles. The lowest BCUT2D eigenvalue weighted by atomic mass is 10.0. The minimum Gasteiger partial charge on any atom is -0.342 e. The molecule has 2 heteroatoms. The molecule has 1 aromatic carbocycles. The Bertz CT molecular complexity index is 606. The van der Waals surface area contributed by atoms with Crippen molar-refractivity contribution in [2.24, 2.45) is 4.99 Å². The lowest BCUT2D eigenvalue weighted by Crippen LogP contribution is -2.23. The van der Waals surface area contributed by atoms with Crippen LogP contribution in [0.15, 0.2) is 66.4 Å². The average Bonchev–Trinajstić information content (AvgIpc) is 2.55. The third kappa shape index (κ3) is 3.85. The highest BCUT2D eigenvalue weighted by molar-refractivity contribution is 5.76. The summed E-state index contributed by atoms with van der Waals surface area (Å²) in [6, 6.07) is 6.29. The van der Waals surface area contributed by atoms with E-state index in [1.54, 1.807) is 13.3 Å². The number of hydrogen-bond donors (Lipinski definition) is 0. The molecule has 0 radical (unpaired) electrons. The molecule has 0 aliphatic rings. The number of benzene rings is 1. The second kappa shape index (κ2) is 8.83. The van der Waals surface area contributed by atoms with Gasteiger partial charge in [0.2, 0.25) is 0 Å². The summed E-state index contributed by atoms with van der Waals surface area (Å²) < 4.78 is 0. The molecule has 0 spiro atoms. The van der Waals surface area contributed by atoms with Gasteiger partial charge >= 0.3 is 0 Å². The summed E-state index contributed by atoms with van der Waals surface area (Å²) in [5.74, 6) is 0. The molecule has 2 nitrogen and oxygen atoms in total. The van der Waals surface area contributed by atoms with E-state index < -0.39 is 0 Å². The highest BCUT2D eigenvalue weighted by Gasteiger charge is 2.15. The molecule has 1 aromatic rings. The molecule has 22 heavy (non-hydrogen) atoms. The van der Waals surface area contributed by atoms with E-state index in [4.69, 9.17) is 0 Å². The average molecular weight is 294 g/mol. The Labute approximate surface area is 134 Å². The van der Waals surface area contributed by atoms with E-state index in [2.05, 4.69) is 61.7 Å². The summed E-state index contributed by atoms with van der Waals surface area (Å²) >= 11 is 0. The zero-order valence-corrected chi connectivity index (χ0v) is 14.0. The highest BCUT2D eigenvalue weighted by atomic mass is 15.1. The maximum atomic E-state index is 4.26. The monoisotopic (exact) mass is 294 g/mol. The molecule has 0 heterocycles. The smallest absolute Gasteiger partial charge is 0.0449 e. The van der Waals surface area contributed by atoms with Gasteiger partial charge in [0.05, 0.1) is 0 Å². The van der Waals surface area contributed by atoms with E-state index >= 15 is 0 Å². The Kier molecular flexibility index (Phi) is 7.11. The first-order valence-electron chi connectivity index (χ1n) is 7.60. The summed E-state index contributed by atoms with van der Waals surface area (Å²) in [5.41, 5.74) is 5.53. The summed E-state index contributed by atoms with van der Waals surface area (Å²) in [6.07, 6.45) is 8.37. The third-order valence-corrected chi connectivity index (χ3v) is 3.65. The number of aliphatic imine (C=N–C) groups is 1. The Hall–Kier alpha value is -2.35. The molecule has 0 saturated carbocycles. The largest absolute Gasteiger partial charge is 0.342 e. The van der Waals surface area contributed by atoms with Gasteiger partial charge in [-0.2, -0.15) is 0 Å². The first kappa shape index (κ1) is 17.7. The molecule has 0 saturated heterocycles. The van der Waals surface area contributed by atoms with Crippen molar-refractivity contribution in [3.63, 3.8) is 0 Å². The van der Waals surface area contributed by atoms with Gasteiger partial charge in [-0.15, -0.1) is 0 Å². The van der Waals surface area contributed by atoms with Gasteiger partial charge in [-0.25, -0.2) is 0 Å². The standard InChI is InChI=1S/C20H26N2/c1-7-17(14-15-21-6)16(5)22(10-4)20-13-11-12-18(8-2)19(20)9-3/h7-8,11-15H,1-2,5,9-10H2,3-4,6H3/b17-14+,21-15?. The van der Waals surface area contributed by atoms with Crippen LogP contribution in [0.4, 0.5) is 5.69 Å². The van der Waals surface area contributed by atoms with Crippen LogP contribution in [0.3, 0.4) is 0 Å². The molecule has 0 fully saturated rings. The third-order valence-electron chi connectivity index (χ3n) is 3.65. The van der Waals surface area contributed by atoms with Crippen molar-refractivity contribution < 1.29 is 0 Å². The summed E-state index contributed by atoms with van der Waals surface area (Å²) in [4.78, 5) is 6.21. The number of hydrogen-bond acceptors (Lipinski definition) is 2. The van der Waals surface area contributed by atoms with E-state index in [-0.39, 0.29) is 0 Å². The fourth-order valence-electron chi connectivity index (χ4n) is 2.52. The molecular formula is C20H26N2. The number of nitrogens with zero attached hydrogens (tertiary/aromatic N) is 2. The Balaban J connectivity index is 3.35. The molecule has 0 N–H and O–H groups in total. The number of rotatable bonds is 8. The van der Waals surface area contributed by atoms with Crippen LogP contribution in [0.5, 0.6) is 0 Å². The summed E-state index contributed by atoms with van der Waals surface area (Å²) in [7, 11) is 1.75. The van der Waals surface area contributed by atoms with Gasteiger partial charge in [-0.1, -0.05) is 50.9 Å². The van der Waals surface area contributed by atoms with Gasteiger partial charge in [0.1, 0.15) is 0 Å². The van der Waals surface area contributed by atoms with Crippen LogP contribution in [-0.4, -0.2) is 19.8 Å². The fourth-order valence-corrected chi connectivity index (χ4v) is 2.52. The molecule has 0 unspecified atom stereocenters. The van der Waals surface area contributed by atoms with E-state index in [1.807, 2.05) is 18.2 Å². The van der Waals surface area contributed by atoms with E-state index in [1.165, 1.54) is 16.8 Å². The van der Waals surface area contributed by atoms with Crippen molar-refractivity contribution in [3.05, 3.63) is 72.5 Å². The molecule has 116 valence electrons. The van der Waals surface area contributed by atoms with Gasteiger partial charge in [0, 0.05) is 31.2 Å². The van der Waals surface area contributed by atoms with Gasteiger partial charge < -0.3 is 4.90 Å². The molecule has 0 amide bonds. The fraction of sp³-hybridized carbons (Fsp3) is 0.250. The van der Waals surface area contributed by atoms with Gasteiger partial charge in [-0.3, -0.25) is 4.99 Å². The topological polar surface area (TPSA) is 15.6 Å². The Morgan fingerprint density at radius 2 is 2.00 bits per heavy atom. The maximum absolute atomic E-state index is 4.26. The van der Waals surface area contributed by atoms with Gasteiger partial charge in [0.15, 0.2) is 0 Å². The summed E-state index contributed by atoms with van der Waals surface area (Å²) in [5, 5.41) is 0. The van der Waals surface area contributed by atoms with E-state index in [0.29, 0.717) is 0 Å². The quantitative estimate of drug-likeness (QED) is 0.484. The van der Waals surface area contributed by atoms with Crippen molar-refractivity contribution in [1.82, 2.24) is 0 Å². The molecular weight excluding hydrogens is 268 g/mol. The zero-order chi connectivity index (χ0) is 16.5. The van der Waals surface area contributed by atoms with Gasteiger partial charge in [0.25, 0.3) is 0 Å². The van der Waals surface area contributed by atoms with Crippen molar-refractivity contribution in [3.8, 4) is 0 Å². The van der Waals surface area contributed by atoms with Crippen LogP contribution in [-0.2, 0) is 6.42 Å². The summed E-state index contributed by atoms with van der Waals surface area (Å²) in [6.45, 7) is 17.2. The zero-order valence-electron chi connectivity index (χ0n) is 14.0. The number of anilines is 1. The van der Waals surface area contributed by atoms with Crippen LogP contribution >= 0.6 is 0 Å². The normalized spacial score (nSPS) is 11.5. The van der Waals surface area contributed by atoms with Crippen molar-refractivity contribution in [1.29, 1.82) is 0 Å². The lowest BCUT2D eigenvalue weighted by Gasteiger charge is -2.29.